The Bertz CT molecular complexity index is 712. The summed E-state index contributed by atoms with van der Waals surface area (Å²) in [6.45, 7) is 1.93. The van der Waals surface area contributed by atoms with Gasteiger partial charge < -0.3 is 4.74 Å². The molecular weight excluding hydrogens is 342 g/mol. The molecule has 0 bridgehead atoms. The van der Waals surface area contributed by atoms with E-state index in [9.17, 15) is 14.9 Å². The third-order valence-corrected chi connectivity index (χ3v) is 3.97. The molecule has 1 heterocycles. The van der Waals surface area contributed by atoms with Crippen LogP contribution in [0.3, 0.4) is 0 Å². The van der Waals surface area contributed by atoms with E-state index in [-0.39, 0.29) is 18.0 Å². The number of carbonyl (C=O) groups is 1. The lowest BCUT2D eigenvalue weighted by Crippen LogP contribution is -2.05. The monoisotopic (exact) mass is 353 g/mol. The van der Waals surface area contributed by atoms with Gasteiger partial charge in [-0.3, -0.25) is 19.6 Å². The molecule has 2 rings (SSSR count). The van der Waals surface area contributed by atoms with Crippen molar-refractivity contribution in [3.05, 3.63) is 49.7 Å². The number of benzene rings is 1. The van der Waals surface area contributed by atoms with E-state index in [1.165, 1.54) is 18.2 Å². The fraction of sp³-hybridized carbons (Fsp3) is 0.231. The Balaban J connectivity index is 2.30. The van der Waals surface area contributed by atoms with Crippen LogP contribution in [0, 0.1) is 17.0 Å². The van der Waals surface area contributed by atoms with Crippen LogP contribution in [0.5, 0.6) is 5.75 Å². The zero-order chi connectivity index (χ0) is 15.6. The van der Waals surface area contributed by atoms with Gasteiger partial charge in [0.2, 0.25) is 0 Å². The molecule has 0 N–H and O–H groups in total. The lowest BCUT2D eigenvalue weighted by molar-refractivity contribution is -0.386. The van der Waals surface area contributed by atoms with Crippen molar-refractivity contribution in [2.75, 3.05) is 0 Å². The summed E-state index contributed by atoms with van der Waals surface area (Å²) in [4.78, 5) is 21.2. The molecule has 0 unspecified atom stereocenters. The number of nitro benzene ring substituents is 1. The molecule has 1 aromatic heterocycles. The number of halogens is 1. The molecule has 2 aromatic rings. The van der Waals surface area contributed by atoms with E-state index in [1.54, 1.807) is 11.7 Å². The Labute approximate surface area is 128 Å². The summed E-state index contributed by atoms with van der Waals surface area (Å²) in [5.74, 6) is 0.0513. The van der Waals surface area contributed by atoms with Gasteiger partial charge in [-0.15, -0.1) is 0 Å². The van der Waals surface area contributed by atoms with Crippen molar-refractivity contribution in [1.29, 1.82) is 0 Å². The van der Waals surface area contributed by atoms with Crippen LogP contribution in [0.4, 0.5) is 5.69 Å². The highest BCUT2D eigenvalue weighted by Crippen LogP contribution is 2.29. The lowest BCUT2D eigenvalue weighted by atomic mass is 10.2. The Morgan fingerprint density at radius 3 is 2.76 bits per heavy atom. The number of nitrogens with zero attached hydrogens (tertiary/aromatic N) is 3. The molecule has 1 aromatic carbocycles. The normalized spacial score (nSPS) is 10.4. The quantitative estimate of drug-likeness (QED) is 0.468. The maximum absolute atomic E-state index is 11.0. The third-order valence-electron chi connectivity index (χ3n) is 2.94. The summed E-state index contributed by atoms with van der Waals surface area (Å²) in [5.41, 5.74) is 1.68. The number of aromatic nitrogens is 2. The Morgan fingerprint density at radius 1 is 1.52 bits per heavy atom. The average molecular weight is 354 g/mol. The van der Waals surface area contributed by atoms with Gasteiger partial charge in [0.1, 0.15) is 12.9 Å². The summed E-state index contributed by atoms with van der Waals surface area (Å²) in [6.07, 6.45) is 0.612. The molecule has 0 fully saturated rings. The molecule has 0 amide bonds. The predicted octanol–water partition coefficient (Wildman–Crippen LogP) is 2.79. The second-order valence-corrected chi connectivity index (χ2v) is 5.15. The van der Waals surface area contributed by atoms with Gasteiger partial charge in [0, 0.05) is 18.7 Å². The fourth-order valence-electron chi connectivity index (χ4n) is 1.85. The Hall–Kier alpha value is -2.22. The molecule has 21 heavy (non-hydrogen) atoms. The number of rotatable bonds is 5. The van der Waals surface area contributed by atoms with Gasteiger partial charge in [-0.2, -0.15) is 5.10 Å². The number of aldehydes is 1. The molecule has 0 aliphatic rings. The SMILES string of the molecule is Cc1nn(C)c(COc2cc(C=O)ccc2[N+](=O)[O-])c1Br. The van der Waals surface area contributed by atoms with E-state index < -0.39 is 4.92 Å². The summed E-state index contributed by atoms with van der Waals surface area (Å²) in [6, 6.07) is 3.98. The van der Waals surface area contributed by atoms with Gasteiger partial charge in [0.05, 0.1) is 20.8 Å². The minimum atomic E-state index is -0.548. The van der Waals surface area contributed by atoms with Crippen molar-refractivity contribution in [2.24, 2.45) is 7.05 Å². The second-order valence-electron chi connectivity index (χ2n) is 4.36. The van der Waals surface area contributed by atoms with Crippen LogP contribution in [0.25, 0.3) is 0 Å². The highest BCUT2D eigenvalue weighted by atomic mass is 79.9. The summed E-state index contributed by atoms with van der Waals surface area (Å²) in [7, 11) is 1.76. The molecule has 8 heteroatoms. The van der Waals surface area contributed by atoms with Crippen LogP contribution in [0.2, 0.25) is 0 Å². The van der Waals surface area contributed by atoms with E-state index in [0.717, 1.165) is 15.9 Å². The van der Waals surface area contributed by atoms with Crippen molar-refractivity contribution in [1.82, 2.24) is 9.78 Å². The largest absolute Gasteiger partial charge is 0.480 e. The number of carbonyl (C=O) groups excluding carboxylic acids is 1. The van der Waals surface area contributed by atoms with Gasteiger partial charge in [-0.25, -0.2) is 0 Å². The number of ether oxygens (including phenoxy) is 1. The number of hydrogen-bond acceptors (Lipinski definition) is 5. The summed E-state index contributed by atoms with van der Waals surface area (Å²) < 4.78 is 7.94. The van der Waals surface area contributed by atoms with Crippen LogP contribution in [-0.4, -0.2) is 21.0 Å². The minimum absolute atomic E-state index is 0.0513. The zero-order valence-corrected chi connectivity index (χ0v) is 13.0. The van der Waals surface area contributed by atoms with E-state index >= 15 is 0 Å². The van der Waals surface area contributed by atoms with Crippen LogP contribution in [-0.2, 0) is 13.7 Å². The van der Waals surface area contributed by atoms with Gasteiger partial charge in [0.15, 0.2) is 5.75 Å². The fourth-order valence-corrected chi connectivity index (χ4v) is 2.30. The molecule has 0 atom stereocenters. The topological polar surface area (TPSA) is 87.3 Å². The molecular formula is C13H12BrN3O4. The first-order valence-electron chi connectivity index (χ1n) is 5.98. The van der Waals surface area contributed by atoms with Gasteiger partial charge in [-0.05, 0) is 35.0 Å². The molecule has 0 radical (unpaired) electrons. The number of hydrogen-bond donors (Lipinski definition) is 0. The molecule has 0 saturated carbocycles. The van der Waals surface area contributed by atoms with Gasteiger partial charge in [-0.1, -0.05) is 0 Å². The summed E-state index contributed by atoms with van der Waals surface area (Å²) in [5, 5.41) is 15.2. The highest BCUT2D eigenvalue weighted by Gasteiger charge is 2.18. The van der Waals surface area contributed by atoms with Gasteiger partial charge in [0.25, 0.3) is 0 Å². The summed E-state index contributed by atoms with van der Waals surface area (Å²) >= 11 is 3.40. The van der Waals surface area contributed by atoms with E-state index in [1.807, 2.05) is 6.92 Å². The average Bonchev–Trinajstić information content (AvgIpc) is 2.69. The van der Waals surface area contributed by atoms with E-state index in [4.69, 9.17) is 4.74 Å². The predicted molar refractivity (Wildman–Crippen MR) is 78.5 cm³/mol. The molecule has 0 saturated heterocycles. The Kier molecular flexibility index (Phi) is 4.37. The molecule has 7 nitrogen and oxygen atoms in total. The third kappa shape index (κ3) is 3.10. The van der Waals surface area contributed by atoms with E-state index in [0.29, 0.717) is 11.8 Å². The molecule has 0 spiro atoms. The maximum atomic E-state index is 11.0. The number of aryl methyl sites for hydroxylation is 2. The first-order valence-corrected chi connectivity index (χ1v) is 6.77. The number of nitro groups is 1. The minimum Gasteiger partial charge on any atom is -0.480 e. The van der Waals surface area contributed by atoms with Crippen molar-refractivity contribution in [3.63, 3.8) is 0 Å². The zero-order valence-electron chi connectivity index (χ0n) is 11.4. The standard InChI is InChI=1S/C13H12BrN3O4/c1-8-13(14)11(16(2)15-8)7-21-12-5-9(6-18)3-4-10(12)17(19)20/h3-6H,7H2,1-2H3. The van der Waals surface area contributed by atoms with E-state index in [2.05, 4.69) is 21.0 Å². The smallest absolute Gasteiger partial charge is 0.310 e. The van der Waals surface area contributed by atoms with Crippen LogP contribution in [0.15, 0.2) is 22.7 Å². The van der Waals surface area contributed by atoms with Crippen LogP contribution >= 0.6 is 15.9 Å². The van der Waals surface area contributed by atoms with Crippen LogP contribution < -0.4 is 4.74 Å². The molecule has 0 aliphatic carbocycles. The molecule has 0 aliphatic heterocycles. The maximum Gasteiger partial charge on any atom is 0.310 e. The van der Waals surface area contributed by atoms with Crippen LogP contribution in [0.1, 0.15) is 21.7 Å². The second kappa shape index (κ2) is 6.04. The first-order chi connectivity index (χ1) is 9.93. The Morgan fingerprint density at radius 2 is 2.24 bits per heavy atom. The first kappa shape index (κ1) is 15.2. The van der Waals surface area contributed by atoms with Crippen molar-refractivity contribution >= 4 is 27.9 Å². The van der Waals surface area contributed by atoms with Crippen molar-refractivity contribution < 1.29 is 14.5 Å². The van der Waals surface area contributed by atoms with Gasteiger partial charge >= 0.3 is 5.69 Å². The van der Waals surface area contributed by atoms with Crippen molar-refractivity contribution in [2.45, 2.75) is 13.5 Å². The lowest BCUT2D eigenvalue weighted by Gasteiger charge is -2.08. The molecule has 110 valence electrons. The van der Waals surface area contributed by atoms with Crippen molar-refractivity contribution in [3.8, 4) is 5.75 Å². The highest BCUT2D eigenvalue weighted by molar-refractivity contribution is 9.10.